The summed E-state index contributed by atoms with van der Waals surface area (Å²) in [5.74, 6) is 0.723. The van der Waals surface area contributed by atoms with Gasteiger partial charge >= 0.3 is 0 Å². The van der Waals surface area contributed by atoms with Crippen LogP contribution in [-0.2, 0) is 4.79 Å². The summed E-state index contributed by atoms with van der Waals surface area (Å²) < 4.78 is 0. The molecule has 0 atom stereocenters. The minimum Gasteiger partial charge on any atom is -0.344 e. The van der Waals surface area contributed by atoms with E-state index >= 15 is 0 Å². The summed E-state index contributed by atoms with van der Waals surface area (Å²) in [5.41, 5.74) is 0. The van der Waals surface area contributed by atoms with Gasteiger partial charge in [0.1, 0.15) is 0 Å². The molecule has 96 valence electrons. The number of rotatable bonds is 7. The molecular formula is C13H23N3O. The van der Waals surface area contributed by atoms with Crippen molar-refractivity contribution in [1.29, 1.82) is 5.26 Å². The molecule has 1 saturated carbocycles. The molecule has 0 aromatic rings. The van der Waals surface area contributed by atoms with Crippen molar-refractivity contribution < 1.29 is 4.79 Å². The second-order valence-corrected chi connectivity index (χ2v) is 5.28. The smallest absolute Gasteiger partial charge is 0.236 e. The van der Waals surface area contributed by atoms with Crippen LogP contribution in [0.4, 0.5) is 0 Å². The maximum Gasteiger partial charge on any atom is 0.236 e. The second kappa shape index (κ2) is 6.61. The maximum absolute atomic E-state index is 11.9. The van der Waals surface area contributed by atoms with Gasteiger partial charge in [-0.25, -0.2) is 0 Å². The molecule has 0 unspecified atom stereocenters. The lowest BCUT2D eigenvalue weighted by molar-refractivity contribution is -0.131. The standard InChI is InChI=1S/C13H23N3O/c1-11(2)9-16(12-5-6-12)10-13(17)15(3)8-4-7-14/h11-12H,4-6,8-10H2,1-3H3. The quantitative estimate of drug-likeness (QED) is 0.674. The van der Waals surface area contributed by atoms with Gasteiger partial charge in [-0.1, -0.05) is 13.8 Å². The van der Waals surface area contributed by atoms with E-state index in [2.05, 4.69) is 24.8 Å². The molecule has 1 amide bonds. The molecule has 17 heavy (non-hydrogen) atoms. The van der Waals surface area contributed by atoms with Crippen molar-refractivity contribution in [3.63, 3.8) is 0 Å². The van der Waals surface area contributed by atoms with Gasteiger partial charge in [-0.3, -0.25) is 9.69 Å². The molecule has 0 aliphatic heterocycles. The summed E-state index contributed by atoms with van der Waals surface area (Å²) in [6.07, 6.45) is 2.86. The fourth-order valence-electron chi connectivity index (χ4n) is 1.89. The lowest BCUT2D eigenvalue weighted by Gasteiger charge is -2.26. The van der Waals surface area contributed by atoms with E-state index in [1.54, 1.807) is 11.9 Å². The van der Waals surface area contributed by atoms with Gasteiger partial charge in [-0.15, -0.1) is 0 Å². The molecular weight excluding hydrogens is 214 g/mol. The first-order chi connectivity index (χ1) is 8.04. The van der Waals surface area contributed by atoms with Crippen molar-refractivity contribution in [2.75, 3.05) is 26.7 Å². The molecule has 0 saturated heterocycles. The van der Waals surface area contributed by atoms with Gasteiger partial charge in [0.25, 0.3) is 0 Å². The number of nitriles is 1. The van der Waals surface area contributed by atoms with Crippen LogP contribution in [0.1, 0.15) is 33.1 Å². The number of likely N-dealkylation sites (N-methyl/N-ethyl adjacent to an activating group) is 1. The summed E-state index contributed by atoms with van der Waals surface area (Å²) in [4.78, 5) is 15.9. The molecule has 0 radical (unpaired) electrons. The number of hydrogen-bond donors (Lipinski definition) is 0. The van der Waals surface area contributed by atoms with Crippen LogP contribution in [-0.4, -0.2) is 48.4 Å². The first-order valence-electron chi connectivity index (χ1n) is 6.39. The van der Waals surface area contributed by atoms with Gasteiger partial charge in [0.05, 0.1) is 19.0 Å². The highest BCUT2D eigenvalue weighted by Gasteiger charge is 2.30. The first kappa shape index (κ1) is 14.0. The lowest BCUT2D eigenvalue weighted by atomic mass is 10.2. The molecule has 1 aliphatic carbocycles. The van der Waals surface area contributed by atoms with Gasteiger partial charge < -0.3 is 4.90 Å². The van der Waals surface area contributed by atoms with E-state index in [1.165, 1.54) is 12.8 Å². The Morgan fingerprint density at radius 3 is 2.59 bits per heavy atom. The molecule has 4 heteroatoms. The van der Waals surface area contributed by atoms with E-state index in [-0.39, 0.29) is 5.91 Å². The Bertz CT molecular complexity index is 292. The summed E-state index contributed by atoms with van der Waals surface area (Å²) in [6, 6.07) is 2.68. The average Bonchev–Trinajstić information content (AvgIpc) is 3.07. The van der Waals surface area contributed by atoms with Crippen LogP contribution in [0.25, 0.3) is 0 Å². The third kappa shape index (κ3) is 5.18. The van der Waals surface area contributed by atoms with Gasteiger partial charge in [0.15, 0.2) is 0 Å². The summed E-state index contributed by atoms with van der Waals surface area (Å²) in [5, 5.41) is 8.50. The van der Waals surface area contributed by atoms with Gasteiger partial charge in [-0.05, 0) is 18.8 Å². The summed E-state index contributed by atoms with van der Waals surface area (Å²) in [7, 11) is 1.78. The van der Waals surface area contributed by atoms with Crippen molar-refractivity contribution in [2.45, 2.75) is 39.2 Å². The van der Waals surface area contributed by atoms with E-state index < -0.39 is 0 Å². The Hall–Kier alpha value is -1.08. The van der Waals surface area contributed by atoms with Crippen LogP contribution >= 0.6 is 0 Å². The normalized spacial score (nSPS) is 15.1. The highest BCUT2D eigenvalue weighted by molar-refractivity contribution is 5.78. The minimum atomic E-state index is 0.132. The van der Waals surface area contributed by atoms with Gasteiger partial charge in [0.2, 0.25) is 5.91 Å². The molecule has 0 aromatic carbocycles. The van der Waals surface area contributed by atoms with Crippen LogP contribution < -0.4 is 0 Å². The zero-order valence-corrected chi connectivity index (χ0v) is 11.1. The van der Waals surface area contributed by atoms with Gasteiger partial charge in [-0.2, -0.15) is 5.26 Å². The maximum atomic E-state index is 11.9. The lowest BCUT2D eigenvalue weighted by Crippen LogP contribution is -2.41. The molecule has 1 fully saturated rings. The Kier molecular flexibility index (Phi) is 5.43. The molecule has 0 bridgehead atoms. The fourth-order valence-corrected chi connectivity index (χ4v) is 1.89. The Morgan fingerprint density at radius 1 is 1.47 bits per heavy atom. The molecule has 4 nitrogen and oxygen atoms in total. The van der Waals surface area contributed by atoms with Crippen LogP contribution in [0, 0.1) is 17.2 Å². The van der Waals surface area contributed by atoms with Crippen molar-refractivity contribution in [3.05, 3.63) is 0 Å². The number of carbonyl (C=O) groups is 1. The first-order valence-corrected chi connectivity index (χ1v) is 6.39. The largest absolute Gasteiger partial charge is 0.344 e. The van der Waals surface area contributed by atoms with Crippen LogP contribution in [0.3, 0.4) is 0 Å². The Labute approximate surface area is 104 Å². The van der Waals surface area contributed by atoms with Crippen LogP contribution in [0.2, 0.25) is 0 Å². The number of amides is 1. The predicted molar refractivity (Wildman–Crippen MR) is 67.3 cm³/mol. The zero-order chi connectivity index (χ0) is 12.8. The van der Waals surface area contributed by atoms with Crippen molar-refractivity contribution in [1.82, 2.24) is 9.80 Å². The Balaban J connectivity index is 2.38. The van der Waals surface area contributed by atoms with E-state index in [0.29, 0.717) is 31.5 Å². The highest BCUT2D eigenvalue weighted by atomic mass is 16.2. The topological polar surface area (TPSA) is 47.3 Å². The molecule has 0 spiro atoms. The highest BCUT2D eigenvalue weighted by Crippen LogP contribution is 2.27. The van der Waals surface area contributed by atoms with Crippen molar-refractivity contribution in [2.24, 2.45) is 5.92 Å². The van der Waals surface area contributed by atoms with Crippen molar-refractivity contribution >= 4 is 5.91 Å². The van der Waals surface area contributed by atoms with Gasteiger partial charge in [0, 0.05) is 26.2 Å². The number of nitrogens with zero attached hydrogens (tertiary/aromatic N) is 3. The molecule has 0 N–H and O–H groups in total. The molecule has 1 rings (SSSR count). The van der Waals surface area contributed by atoms with Crippen LogP contribution in [0.15, 0.2) is 0 Å². The summed E-state index contributed by atoms with van der Waals surface area (Å²) in [6.45, 7) is 6.39. The number of carbonyl (C=O) groups excluding carboxylic acids is 1. The fraction of sp³-hybridized carbons (Fsp3) is 0.846. The average molecular weight is 237 g/mol. The predicted octanol–water partition coefficient (Wildman–Crippen LogP) is 1.48. The van der Waals surface area contributed by atoms with E-state index in [9.17, 15) is 4.79 Å². The SMILES string of the molecule is CC(C)CN(CC(=O)N(C)CCC#N)C1CC1. The minimum absolute atomic E-state index is 0.132. The van der Waals surface area contributed by atoms with Crippen molar-refractivity contribution in [3.8, 4) is 6.07 Å². The number of hydrogen-bond acceptors (Lipinski definition) is 3. The molecule has 1 aliphatic rings. The monoisotopic (exact) mass is 237 g/mol. The molecule has 0 heterocycles. The van der Waals surface area contributed by atoms with E-state index in [0.717, 1.165) is 6.54 Å². The zero-order valence-electron chi connectivity index (χ0n) is 11.1. The second-order valence-electron chi connectivity index (χ2n) is 5.28. The third-order valence-electron chi connectivity index (χ3n) is 2.99. The Morgan fingerprint density at radius 2 is 2.12 bits per heavy atom. The molecule has 0 aromatic heterocycles. The third-order valence-corrected chi connectivity index (χ3v) is 2.99. The summed E-state index contributed by atoms with van der Waals surface area (Å²) >= 11 is 0. The van der Waals surface area contributed by atoms with E-state index in [4.69, 9.17) is 5.26 Å². The van der Waals surface area contributed by atoms with Crippen LogP contribution in [0.5, 0.6) is 0 Å². The van der Waals surface area contributed by atoms with E-state index in [1.807, 2.05) is 0 Å².